The predicted molar refractivity (Wildman–Crippen MR) is 264 cm³/mol. The van der Waals surface area contributed by atoms with E-state index in [1.165, 1.54) is 0 Å². The Morgan fingerprint density at radius 1 is 0.323 bits per heavy atom. The first kappa shape index (κ1) is 36.5. The van der Waals surface area contributed by atoms with E-state index < -0.39 is 0 Å². The van der Waals surface area contributed by atoms with Crippen LogP contribution < -0.4 is 0 Å². The summed E-state index contributed by atoms with van der Waals surface area (Å²) in [5, 5.41) is 18.8. The molecule has 0 aliphatic heterocycles. The fourth-order valence-corrected chi connectivity index (χ4v) is 9.99. The third-order valence-corrected chi connectivity index (χ3v) is 12.7. The molecular weight excluding hydrogens is 795 g/mol. The highest BCUT2D eigenvalue weighted by Gasteiger charge is 2.30. The van der Waals surface area contributed by atoms with Crippen molar-refractivity contribution in [2.75, 3.05) is 0 Å². The molecule has 0 spiro atoms. The Bertz CT molecular complexity index is 3860. The molecule has 0 atom stereocenters. The smallest absolute Gasteiger partial charge is 0.166 e. The van der Waals surface area contributed by atoms with Gasteiger partial charge in [-0.2, -0.15) is 5.26 Å². The lowest BCUT2D eigenvalue weighted by Gasteiger charge is -2.24. The molecule has 65 heavy (non-hydrogen) atoms. The summed E-state index contributed by atoms with van der Waals surface area (Å²) in [6, 6.07) is 76.1. The Labute approximate surface area is 373 Å². The summed E-state index contributed by atoms with van der Waals surface area (Å²) in [6.07, 6.45) is 0. The van der Waals surface area contributed by atoms with E-state index in [-0.39, 0.29) is 0 Å². The number of nitriles is 1. The summed E-state index contributed by atoms with van der Waals surface area (Å²) in [5.74, 6) is 1.51. The zero-order chi connectivity index (χ0) is 43.0. The van der Waals surface area contributed by atoms with Crippen LogP contribution >= 0.6 is 0 Å². The molecule has 0 saturated heterocycles. The average Bonchev–Trinajstić information content (AvgIpc) is 4.02. The molecule has 4 heterocycles. The second-order valence-electron chi connectivity index (χ2n) is 16.3. The molecule has 0 bridgehead atoms. The van der Waals surface area contributed by atoms with Crippen LogP contribution in [0.5, 0.6) is 0 Å². The number of hydrogen-bond acceptors (Lipinski definition) is 4. The van der Waals surface area contributed by atoms with Gasteiger partial charge in [0.1, 0.15) is 11.6 Å². The zero-order valence-corrected chi connectivity index (χ0v) is 34.8. The Hall–Kier alpha value is -9.12. The van der Waals surface area contributed by atoms with Gasteiger partial charge in [-0.3, -0.25) is 0 Å². The van der Waals surface area contributed by atoms with Gasteiger partial charge in [-0.25, -0.2) is 15.0 Å². The van der Waals surface area contributed by atoms with Gasteiger partial charge < -0.3 is 13.7 Å². The molecule has 0 aliphatic carbocycles. The van der Waals surface area contributed by atoms with Crippen LogP contribution in [-0.4, -0.2) is 28.7 Å². The quantitative estimate of drug-likeness (QED) is 0.167. The molecule has 13 aromatic rings. The van der Waals surface area contributed by atoms with Gasteiger partial charge in [0.15, 0.2) is 17.5 Å². The lowest BCUT2D eigenvalue weighted by Crippen LogP contribution is -2.12. The van der Waals surface area contributed by atoms with Gasteiger partial charge >= 0.3 is 0 Å². The largest absolute Gasteiger partial charge is 0.307 e. The number of nitrogens with zero attached hydrogens (tertiary/aromatic N) is 7. The number of fused-ring (bicyclic) bond motifs is 9. The Morgan fingerprint density at radius 3 is 1.00 bits per heavy atom. The van der Waals surface area contributed by atoms with E-state index in [0.29, 0.717) is 34.3 Å². The first-order valence-electron chi connectivity index (χ1n) is 21.7. The standard InChI is InChI=1S/C58H35N7/c59-36-46-54(64-49-31-15-9-25-41(49)42-26-10-16-32-50(42)64)45(58-61-56(37-19-3-1-4-20-37)60-57(62-58)38-21-5-2-6-22-38)35-53(63-47-29-13-7-23-39(47)40-24-8-14-30-48(40)63)55(46)65-51-33-17-11-27-43(51)44-28-12-18-34-52(44)65/h1-35H. The Kier molecular flexibility index (Phi) is 8.14. The molecule has 0 amide bonds. The van der Waals surface area contributed by atoms with Crippen LogP contribution in [0, 0.1) is 11.3 Å². The molecule has 13 rings (SSSR count). The topological polar surface area (TPSA) is 77.2 Å². The van der Waals surface area contributed by atoms with E-state index in [2.05, 4.69) is 171 Å². The van der Waals surface area contributed by atoms with E-state index >= 15 is 0 Å². The molecular formula is C58H35N7. The van der Waals surface area contributed by atoms with Crippen LogP contribution in [-0.2, 0) is 0 Å². The SMILES string of the molecule is N#Cc1c(-n2c3ccccc3c3ccccc32)c(-c2nc(-c3ccccc3)nc(-c3ccccc3)n2)cc(-n2c3ccccc3c3ccccc32)c1-n1c2ccccc2c2ccccc21. The third-order valence-electron chi connectivity index (χ3n) is 12.7. The van der Waals surface area contributed by atoms with Gasteiger partial charge in [0.25, 0.3) is 0 Å². The summed E-state index contributed by atoms with van der Waals surface area (Å²) in [4.78, 5) is 15.9. The van der Waals surface area contributed by atoms with Crippen LogP contribution in [0.1, 0.15) is 5.56 Å². The van der Waals surface area contributed by atoms with Crippen LogP contribution in [0.2, 0.25) is 0 Å². The van der Waals surface area contributed by atoms with Crippen LogP contribution in [0.15, 0.2) is 212 Å². The van der Waals surface area contributed by atoms with Gasteiger partial charge in [-0.1, -0.05) is 170 Å². The average molecular weight is 830 g/mol. The first-order valence-corrected chi connectivity index (χ1v) is 21.7. The van der Waals surface area contributed by atoms with Crippen molar-refractivity contribution in [1.29, 1.82) is 5.26 Å². The number of benzene rings is 9. The van der Waals surface area contributed by atoms with Crippen molar-refractivity contribution in [3.63, 3.8) is 0 Å². The molecule has 7 nitrogen and oxygen atoms in total. The number of hydrogen-bond donors (Lipinski definition) is 0. The van der Waals surface area contributed by atoms with E-state index in [1.54, 1.807) is 0 Å². The van der Waals surface area contributed by atoms with Crippen LogP contribution in [0.25, 0.3) is 117 Å². The zero-order valence-electron chi connectivity index (χ0n) is 34.8. The monoisotopic (exact) mass is 829 g/mol. The van der Waals surface area contributed by atoms with Crippen molar-refractivity contribution in [3.05, 3.63) is 218 Å². The van der Waals surface area contributed by atoms with E-state index in [0.717, 1.165) is 87.9 Å². The molecule has 0 fully saturated rings. The maximum Gasteiger partial charge on any atom is 0.166 e. The minimum absolute atomic E-state index is 0.446. The van der Waals surface area contributed by atoms with Crippen molar-refractivity contribution in [2.24, 2.45) is 0 Å². The summed E-state index contributed by atoms with van der Waals surface area (Å²) < 4.78 is 6.86. The molecule has 0 aliphatic rings. The van der Waals surface area contributed by atoms with Crippen molar-refractivity contribution >= 4 is 65.4 Å². The Balaban J connectivity index is 1.29. The number of rotatable bonds is 6. The van der Waals surface area contributed by atoms with Gasteiger partial charge in [0.05, 0.1) is 50.2 Å². The van der Waals surface area contributed by atoms with Crippen LogP contribution in [0.3, 0.4) is 0 Å². The molecule has 0 radical (unpaired) electrons. The minimum atomic E-state index is 0.446. The molecule has 0 saturated carbocycles. The lowest BCUT2D eigenvalue weighted by atomic mass is 10.00. The highest BCUT2D eigenvalue weighted by atomic mass is 15.1. The molecule has 4 aromatic heterocycles. The van der Waals surface area contributed by atoms with Crippen molar-refractivity contribution in [2.45, 2.75) is 0 Å². The highest BCUT2D eigenvalue weighted by Crippen LogP contribution is 2.46. The number of aromatic nitrogens is 6. The maximum absolute atomic E-state index is 12.2. The van der Waals surface area contributed by atoms with Crippen molar-refractivity contribution < 1.29 is 0 Å². The fourth-order valence-electron chi connectivity index (χ4n) is 9.99. The van der Waals surface area contributed by atoms with E-state index in [9.17, 15) is 5.26 Å². The van der Waals surface area contributed by atoms with Crippen molar-refractivity contribution in [1.82, 2.24) is 28.7 Å². The van der Waals surface area contributed by atoms with Gasteiger partial charge in [-0.05, 0) is 42.5 Å². The van der Waals surface area contributed by atoms with Gasteiger partial charge in [0.2, 0.25) is 0 Å². The van der Waals surface area contributed by atoms with Crippen LogP contribution in [0.4, 0.5) is 0 Å². The summed E-state index contributed by atoms with van der Waals surface area (Å²) >= 11 is 0. The summed E-state index contributed by atoms with van der Waals surface area (Å²) in [7, 11) is 0. The second-order valence-corrected chi connectivity index (χ2v) is 16.3. The number of para-hydroxylation sites is 6. The van der Waals surface area contributed by atoms with Crippen molar-refractivity contribution in [3.8, 4) is 57.3 Å². The second kappa shape index (κ2) is 14.5. The fraction of sp³-hybridized carbons (Fsp3) is 0. The molecule has 302 valence electrons. The van der Waals surface area contributed by atoms with E-state index in [4.69, 9.17) is 15.0 Å². The predicted octanol–water partition coefficient (Wildman–Crippen LogP) is 14.0. The van der Waals surface area contributed by atoms with Gasteiger partial charge in [-0.15, -0.1) is 0 Å². The molecule has 7 heteroatoms. The molecule has 9 aromatic carbocycles. The lowest BCUT2D eigenvalue weighted by molar-refractivity contribution is 1.04. The van der Waals surface area contributed by atoms with E-state index in [1.807, 2.05) is 60.7 Å². The summed E-state index contributed by atoms with van der Waals surface area (Å²) in [5.41, 5.74) is 11.1. The highest BCUT2D eigenvalue weighted by molar-refractivity contribution is 6.14. The minimum Gasteiger partial charge on any atom is -0.307 e. The molecule has 0 N–H and O–H groups in total. The third kappa shape index (κ3) is 5.51. The normalized spacial score (nSPS) is 11.7. The van der Waals surface area contributed by atoms with Gasteiger partial charge in [0, 0.05) is 49.0 Å². The maximum atomic E-state index is 12.2. The first-order chi connectivity index (χ1) is 32.2. The Morgan fingerprint density at radius 2 is 0.631 bits per heavy atom. The summed E-state index contributed by atoms with van der Waals surface area (Å²) in [6.45, 7) is 0. The molecule has 0 unspecified atom stereocenters.